The van der Waals surface area contributed by atoms with Crippen LogP contribution in [0.2, 0.25) is 5.02 Å². The fraction of sp³-hybridized carbons (Fsp3) is 0.0769. The highest BCUT2D eigenvalue weighted by atomic mass is 35.5. The third-order valence-electron chi connectivity index (χ3n) is 2.15. The van der Waals surface area contributed by atoms with Crippen LogP contribution >= 0.6 is 11.6 Å². The van der Waals surface area contributed by atoms with Crippen molar-refractivity contribution < 1.29 is 13.5 Å². The van der Waals surface area contributed by atoms with E-state index in [0.29, 0.717) is 16.3 Å². The Morgan fingerprint density at radius 2 is 1.65 bits per heavy atom. The second-order valence-corrected chi connectivity index (χ2v) is 3.90. The first-order valence-corrected chi connectivity index (χ1v) is 5.35. The lowest BCUT2D eigenvalue weighted by atomic mass is 10.2. The fourth-order valence-corrected chi connectivity index (χ4v) is 1.61. The van der Waals surface area contributed by atoms with Crippen molar-refractivity contribution in [3.05, 3.63) is 64.7 Å². The molecule has 0 bridgehead atoms. The molecule has 17 heavy (non-hydrogen) atoms. The molecule has 0 N–H and O–H groups in total. The third kappa shape index (κ3) is 3.17. The molecule has 0 amide bonds. The van der Waals surface area contributed by atoms with E-state index in [4.69, 9.17) is 16.3 Å². The van der Waals surface area contributed by atoms with Crippen molar-refractivity contribution >= 4 is 11.6 Å². The van der Waals surface area contributed by atoms with Crippen molar-refractivity contribution in [1.82, 2.24) is 0 Å². The van der Waals surface area contributed by atoms with Gasteiger partial charge < -0.3 is 4.74 Å². The topological polar surface area (TPSA) is 9.23 Å². The van der Waals surface area contributed by atoms with Crippen LogP contribution in [0.25, 0.3) is 0 Å². The fourth-order valence-electron chi connectivity index (χ4n) is 1.42. The molecule has 0 aromatic heterocycles. The minimum Gasteiger partial charge on any atom is -0.487 e. The standard InChI is InChI=1S/C13H9ClF2O/c14-12-3-1-2-4-13(12)17-8-9-5-10(15)7-11(16)6-9/h1-7H,8H2. The van der Waals surface area contributed by atoms with E-state index in [1.54, 1.807) is 24.3 Å². The molecule has 0 radical (unpaired) electrons. The highest BCUT2D eigenvalue weighted by Gasteiger charge is 2.03. The largest absolute Gasteiger partial charge is 0.487 e. The number of benzene rings is 2. The van der Waals surface area contributed by atoms with E-state index in [0.717, 1.165) is 6.07 Å². The number of ether oxygens (including phenoxy) is 1. The maximum atomic E-state index is 12.9. The average molecular weight is 255 g/mol. The summed E-state index contributed by atoms with van der Waals surface area (Å²) in [6, 6.07) is 10.2. The van der Waals surface area contributed by atoms with E-state index in [9.17, 15) is 8.78 Å². The van der Waals surface area contributed by atoms with E-state index in [1.807, 2.05) is 0 Å². The first-order chi connectivity index (χ1) is 8.15. The van der Waals surface area contributed by atoms with Gasteiger partial charge in [0, 0.05) is 6.07 Å². The van der Waals surface area contributed by atoms with Gasteiger partial charge in [0.2, 0.25) is 0 Å². The zero-order valence-corrected chi connectivity index (χ0v) is 9.55. The molecule has 0 atom stereocenters. The van der Waals surface area contributed by atoms with Crippen LogP contribution in [0.5, 0.6) is 5.75 Å². The highest BCUT2D eigenvalue weighted by molar-refractivity contribution is 6.32. The molecule has 0 heterocycles. The Hall–Kier alpha value is -1.61. The molecule has 0 fully saturated rings. The average Bonchev–Trinajstić information content (AvgIpc) is 2.27. The van der Waals surface area contributed by atoms with Gasteiger partial charge in [-0.05, 0) is 29.8 Å². The van der Waals surface area contributed by atoms with Gasteiger partial charge in [0.15, 0.2) is 0 Å². The van der Waals surface area contributed by atoms with Crippen molar-refractivity contribution in [3.63, 3.8) is 0 Å². The normalized spacial score (nSPS) is 10.3. The lowest BCUT2D eigenvalue weighted by Gasteiger charge is -2.07. The van der Waals surface area contributed by atoms with Crippen LogP contribution < -0.4 is 4.74 Å². The zero-order chi connectivity index (χ0) is 12.3. The summed E-state index contributed by atoms with van der Waals surface area (Å²) in [5.74, 6) is -0.760. The SMILES string of the molecule is Fc1cc(F)cc(COc2ccccc2Cl)c1. The van der Waals surface area contributed by atoms with Crippen LogP contribution in [0.15, 0.2) is 42.5 Å². The van der Waals surface area contributed by atoms with Gasteiger partial charge in [-0.1, -0.05) is 23.7 Å². The summed E-state index contributed by atoms with van der Waals surface area (Å²) in [5, 5.41) is 0.462. The molecule has 1 nitrogen and oxygen atoms in total. The number of hydrogen-bond donors (Lipinski definition) is 0. The van der Waals surface area contributed by atoms with E-state index in [-0.39, 0.29) is 6.61 Å². The summed E-state index contributed by atoms with van der Waals surface area (Å²) >= 11 is 5.88. The Bertz CT molecular complexity index is 508. The quantitative estimate of drug-likeness (QED) is 0.798. The Kier molecular flexibility index (Phi) is 3.59. The van der Waals surface area contributed by atoms with Gasteiger partial charge in [0.1, 0.15) is 24.0 Å². The second kappa shape index (κ2) is 5.15. The Morgan fingerprint density at radius 1 is 1.00 bits per heavy atom. The van der Waals surface area contributed by atoms with Gasteiger partial charge in [0.05, 0.1) is 5.02 Å². The van der Waals surface area contributed by atoms with Gasteiger partial charge >= 0.3 is 0 Å². The van der Waals surface area contributed by atoms with Crippen molar-refractivity contribution in [1.29, 1.82) is 0 Å². The molecule has 0 aliphatic carbocycles. The van der Waals surface area contributed by atoms with Gasteiger partial charge in [-0.25, -0.2) is 8.78 Å². The number of hydrogen-bond acceptors (Lipinski definition) is 1. The van der Waals surface area contributed by atoms with Crippen LogP contribution in [-0.4, -0.2) is 0 Å². The number of halogens is 3. The Labute approximate surface area is 103 Å². The lowest BCUT2D eigenvalue weighted by Crippen LogP contribution is -1.97. The monoisotopic (exact) mass is 254 g/mol. The smallest absolute Gasteiger partial charge is 0.138 e. The molecular formula is C13H9ClF2O. The van der Waals surface area contributed by atoms with Crippen LogP contribution in [0.3, 0.4) is 0 Å². The minimum absolute atomic E-state index is 0.0679. The van der Waals surface area contributed by atoms with E-state index >= 15 is 0 Å². The number of para-hydroxylation sites is 1. The van der Waals surface area contributed by atoms with Crippen molar-refractivity contribution in [2.24, 2.45) is 0 Å². The molecule has 2 rings (SSSR count). The van der Waals surface area contributed by atoms with Crippen LogP contribution in [0.1, 0.15) is 5.56 Å². The van der Waals surface area contributed by atoms with Gasteiger partial charge in [-0.2, -0.15) is 0 Å². The Balaban J connectivity index is 2.10. The molecule has 0 aliphatic rings. The summed E-state index contributed by atoms with van der Waals surface area (Å²) < 4.78 is 31.2. The summed E-state index contributed by atoms with van der Waals surface area (Å²) in [4.78, 5) is 0. The van der Waals surface area contributed by atoms with Crippen LogP contribution in [0, 0.1) is 11.6 Å². The molecule has 4 heteroatoms. The summed E-state index contributed by atoms with van der Waals surface area (Å²) in [6.45, 7) is 0.0679. The highest BCUT2D eigenvalue weighted by Crippen LogP contribution is 2.24. The molecule has 2 aromatic rings. The summed E-state index contributed by atoms with van der Waals surface area (Å²) in [7, 11) is 0. The molecule has 2 aromatic carbocycles. The molecule has 0 spiro atoms. The van der Waals surface area contributed by atoms with E-state index in [1.165, 1.54) is 12.1 Å². The molecule has 0 saturated carbocycles. The summed E-state index contributed by atoms with van der Waals surface area (Å²) in [5.41, 5.74) is 0.419. The minimum atomic E-state index is -0.622. The molecule has 0 saturated heterocycles. The van der Waals surface area contributed by atoms with Gasteiger partial charge in [-0.3, -0.25) is 0 Å². The van der Waals surface area contributed by atoms with E-state index < -0.39 is 11.6 Å². The molecule has 88 valence electrons. The molecular weight excluding hydrogens is 246 g/mol. The molecule has 0 unspecified atom stereocenters. The van der Waals surface area contributed by atoms with Gasteiger partial charge in [0.25, 0.3) is 0 Å². The predicted molar refractivity (Wildman–Crippen MR) is 62.1 cm³/mol. The van der Waals surface area contributed by atoms with Crippen molar-refractivity contribution in [2.45, 2.75) is 6.61 Å². The zero-order valence-electron chi connectivity index (χ0n) is 8.79. The molecule has 0 aliphatic heterocycles. The third-order valence-corrected chi connectivity index (χ3v) is 2.47. The first kappa shape index (κ1) is 11.9. The van der Waals surface area contributed by atoms with Crippen LogP contribution in [0.4, 0.5) is 8.78 Å². The first-order valence-electron chi connectivity index (χ1n) is 4.97. The Morgan fingerprint density at radius 3 is 2.29 bits per heavy atom. The van der Waals surface area contributed by atoms with Crippen molar-refractivity contribution in [2.75, 3.05) is 0 Å². The second-order valence-electron chi connectivity index (χ2n) is 3.50. The summed E-state index contributed by atoms with van der Waals surface area (Å²) in [6.07, 6.45) is 0. The maximum Gasteiger partial charge on any atom is 0.138 e. The maximum absolute atomic E-state index is 12.9. The van der Waals surface area contributed by atoms with E-state index in [2.05, 4.69) is 0 Å². The van der Waals surface area contributed by atoms with Crippen molar-refractivity contribution in [3.8, 4) is 5.75 Å². The number of rotatable bonds is 3. The van der Waals surface area contributed by atoms with Gasteiger partial charge in [-0.15, -0.1) is 0 Å². The predicted octanol–water partition coefficient (Wildman–Crippen LogP) is 4.20. The lowest BCUT2D eigenvalue weighted by molar-refractivity contribution is 0.305. The van der Waals surface area contributed by atoms with Crippen LogP contribution in [-0.2, 0) is 6.61 Å².